The zero-order valence-corrected chi connectivity index (χ0v) is 13.6. The van der Waals surface area contributed by atoms with Crippen molar-refractivity contribution in [3.8, 4) is 11.4 Å². The molecular formula is C17H21N5O2. The molecule has 4 N–H and O–H groups in total. The SMILES string of the molecule is CCCCc1nn(CCO)c(N)c1-c1nc2ccccc2c(=O)[nH]1. The Balaban J connectivity index is 2.18. The van der Waals surface area contributed by atoms with Crippen LogP contribution in [0.15, 0.2) is 29.1 Å². The summed E-state index contributed by atoms with van der Waals surface area (Å²) < 4.78 is 1.56. The third kappa shape index (κ3) is 2.90. The molecule has 0 aliphatic heterocycles. The number of fused-ring (bicyclic) bond motifs is 1. The summed E-state index contributed by atoms with van der Waals surface area (Å²) in [5.41, 5.74) is 8.08. The minimum absolute atomic E-state index is 0.0554. The van der Waals surface area contributed by atoms with Crippen molar-refractivity contribution in [2.24, 2.45) is 0 Å². The Hall–Kier alpha value is -2.67. The third-order valence-electron chi connectivity index (χ3n) is 3.99. The number of nitrogens with zero attached hydrogens (tertiary/aromatic N) is 3. The lowest BCUT2D eigenvalue weighted by atomic mass is 10.1. The summed E-state index contributed by atoms with van der Waals surface area (Å²) in [5.74, 6) is 0.833. The number of benzene rings is 1. The predicted octanol–water partition coefficient (Wildman–Crippen LogP) is 1.70. The quantitative estimate of drug-likeness (QED) is 0.638. The van der Waals surface area contributed by atoms with E-state index in [9.17, 15) is 9.90 Å². The number of nitrogen functional groups attached to an aromatic ring is 1. The fourth-order valence-corrected chi connectivity index (χ4v) is 2.77. The van der Waals surface area contributed by atoms with Gasteiger partial charge in [-0.3, -0.25) is 4.79 Å². The summed E-state index contributed by atoms with van der Waals surface area (Å²) in [6.45, 7) is 2.35. The minimum Gasteiger partial charge on any atom is -0.394 e. The van der Waals surface area contributed by atoms with E-state index in [2.05, 4.69) is 22.0 Å². The summed E-state index contributed by atoms with van der Waals surface area (Å²) in [6.07, 6.45) is 2.72. The van der Waals surface area contributed by atoms with Crippen LogP contribution in [-0.2, 0) is 13.0 Å². The van der Waals surface area contributed by atoms with Crippen LogP contribution in [0.2, 0.25) is 0 Å². The number of nitrogens with one attached hydrogen (secondary N) is 1. The molecule has 0 aliphatic rings. The Kier molecular flexibility index (Phi) is 4.61. The van der Waals surface area contributed by atoms with Gasteiger partial charge in [0.05, 0.1) is 35.3 Å². The van der Waals surface area contributed by atoms with Crippen LogP contribution in [0.1, 0.15) is 25.5 Å². The van der Waals surface area contributed by atoms with E-state index in [4.69, 9.17) is 5.73 Å². The summed E-state index contributed by atoms with van der Waals surface area (Å²) in [4.78, 5) is 19.7. The lowest BCUT2D eigenvalue weighted by Crippen LogP contribution is -2.11. The molecule has 0 fully saturated rings. The summed E-state index contributed by atoms with van der Waals surface area (Å²) in [5, 5.41) is 14.2. The van der Waals surface area contributed by atoms with Crippen LogP contribution in [-0.4, -0.2) is 31.5 Å². The monoisotopic (exact) mass is 327 g/mol. The van der Waals surface area contributed by atoms with Gasteiger partial charge in [-0.05, 0) is 25.0 Å². The predicted molar refractivity (Wildman–Crippen MR) is 93.7 cm³/mol. The zero-order chi connectivity index (χ0) is 17.1. The molecule has 0 saturated heterocycles. The molecule has 0 spiro atoms. The molecule has 0 aliphatic carbocycles. The second-order valence-corrected chi connectivity index (χ2v) is 5.69. The van der Waals surface area contributed by atoms with Crippen LogP contribution in [0, 0.1) is 0 Å². The highest BCUT2D eigenvalue weighted by Crippen LogP contribution is 2.28. The molecule has 0 radical (unpaired) electrons. The van der Waals surface area contributed by atoms with Crippen molar-refractivity contribution in [1.29, 1.82) is 0 Å². The number of aliphatic hydroxyl groups is 1. The summed E-state index contributed by atoms with van der Waals surface area (Å²) in [7, 11) is 0. The number of unbranched alkanes of at least 4 members (excludes halogenated alkanes) is 1. The maximum absolute atomic E-state index is 12.3. The molecule has 3 aromatic rings. The van der Waals surface area contributed by atoms with E-state index in [-0.39, 0.29) is 12.2 Å². The van der Waals surface area contributed by atoms with Crippen LogP contribution >= 0.6 is 0 Å². The van der Waals surface area contributed by atoms with Gasteiger partial charge in [0.25, 0.3) is 5.56 Å². The Morgan fingerprint density at radius 1 is 1.33 bits per heavy atom. The van der Waals surface area contributed by atoms with Crippen LogP contribution in [0.5, 0.6) is 0 Å². The van der Waals surface area contributed by atoms with Crippen LogP contribution in [0.25, 0.3) is 22.3 Å². The molecule has 3 rings (SSSR count). The topological polar surface area (TPSA) is 110 Å². The van der Waals surface area contributed by atoms with E-state index < -0.39 is 0 Å². The average Bonchev–Trinajstić information content (AvgIpc) is 2.89. The Morgan fingerprint density at radius 3 is 2.88 bits per heavy atom. The first-order chi connectivity index (χ1) is 11.7. The van der Waals surface area contributed by atoms with E-state index in [1.165, 1.54) is 0 Å². The van der Waals surface area contributed by atoms with E-state index in [1.54, 1.807) is 22.9 Å². The van der Waals surface area contributed by atoms with Gasteiger partial charge in [-0.1, -0.05) is 25.5 Å². The number of aromatic amines is 1. The van der Waals surface area contributed by atoms with Crippen molar-refractivity contribution in [2.45, 2.75) is 32.7 Å². The molecule has 7 nitrogen and oxygen atoms in total. The van der Waals surface area contributed by atoms with Gasteiger partial charge in [-0.25, -0.2) is 9.67 Å². The van der Waals surface area contributed by atoms with Crippen LogP contribution in [0.3, 0.4) is 0 Å². The minimum atomic E-state index is -0.202. The molecular weight excluding hydrogens is 306 g/mol. The van der Waals surface area contributed by atoms with Gasteiger partial charge >= 0.3 is 0 Å². The van der Waals surface area contributed by atoms with Gasteiger partial charge < -0.3 is 15.8 Å². The van der Waals surface area contributed by atoms with Crippen LogP contribution in [0.4, 0.5) is 5.82 Å². The number of anilines is 1. The molecule has 1 aromatic carbocycles. The van der Waals surface area contributed by atoms with Gasteiger partial charge in [-0.15, -0.1) is 0 Å². The molecule has 0 unspecified atom stereocenters. The van der Waals surface area contributed by atoms with Crippen molar-refractivity contribution in [3.63, 3.8) is 0 Å². The maximum atomic E-state index is 12.3. The molecule has 24 heavy (non-hydrogen) atoms. The van der Waals surface area contributed by atoms with Crippen LogP contribution < -0.4 is 11.3 Å². The Labute approximate surface area is 139 Å². The van der Waals surface area contributed by atoms with Gasteiger partial charge in [-0.2, -0.15) is 5.10 Å². The molecule has 126 valence electrons. The number of rotatable bonds is 6. The fourth-order valence-electron chi connectivity index (χ4n) is 2.77. The normalized spacial score (nSPS) is 11.2. The number of hydrogen-bond donors (Lipinski definition) is 3. The molecule has 2 heterocycles. The number of aryl methyl sites for hydroxylation is 1. The highest BCUT2D eigenvalue weighted by Gasteiger charge is 2.19. The highest BCUT2D eigenvalue weighted by molar-refractivity contribution is 5.81. The van der Waals surface area contributed by atoms with E-state index in [0.717, 1.165) is 25.0 Å². The van der Waals surface area contributed by atoms with Crippen molar-refractivity contribution < 1.29 is 5.11 Å². The Morgan fingerprint density at radius 2 is 2.12 bits per heavy atom. The molecule has 0 saturated carbocycles. The zero-order valence-electron chi connectivity index (χ0n) is 13.6. The third-order valence-corrected chi connectivity index (χ3v) is 3.99. The van der Waals surface area contributed by atoms with E-state index in [0.29, 0.717) is 34.7 Å². The standard InChI is InChI=1S/C17H21N5O2/c1-2-3-7-13-14(15(18)22(21-13)9-10-23)16-19-12-8-5-4-6-11(12)17(24)20-16/h4-6,8,23H,2-3,7,9-10,18H2,1H3,(H,19,20,24). The van der Waals surface area contributed by atoms with E-state index in [1.807, 2.05) is 6.07 Å². The number of aromatic nitrogens is 4. The van der Waals surface area contributed by atoms with Crippen molar-refractivity contribution in [3.05, 3.63) is 40.3 Å². The number of hydrogen-bond acceptors (Lipinski definition) is 5. The van der Waals surface area contributed by atoms with Crippen molar-refractivity contribution in [1.82, 2.24) is 19.7 Å². The van der Waals surface area contributed by atoms with Crippen molar-refractivity contribution >= 4 is 16.7 Å². The maximum Gasteiger partial charge on any atom is 0.259 e. The largest absolute Gasteiger partial charge is 0.394 e. The van der Waals surface area contributed by atoms with Crippen molar-refractivity contribution in [2.75, 3.05) is 12.3 Å². The highest BCUT2D eigenvalue weighted by atomic mass is 16.3. The summed E-state index contributed by atoms with van der Waals surface area (Å²) in [6, 6.07) is 7.18. The summed E-state index contributed by atoms with van der Waals surface area (Å²) >= 11 is 0. The molecule has 0 atom stereocenters. The number of nitrogens with two attached hydrogens (primary N) is 1. The molecule has 0 amide bonds. The molecule has 2 aromatic heterocycles. The second-order valence-electron chi connectivity index (χ2n) is 5.69. The van der Waals surface area contributed by atoms with Gasteiger partial charge in [0.1, 0.15) is 11.6 Å². The number of H-pyrrole nitrogens is 1. The first-order valence-corrected chi connectivity index (χ1v) is 8.11. The van der Waals surface area contributed by atoms with Gasteiger partial charge in [0.15, 0.2) is 0 Å². The Bertz CT molecular complexity index is 913. The first-order valence-electron chi connectivity index (χ1n) is 8.11. The first kappa shape index (κ1) is 16.2. The fraction of sp³-hybridized carbons (Fsp3) is 0.353. The van der Waals surface area contributed by atoms with Gasteiger partial charge in [0, 0.05) is 0 Å². The van der Waals surface area contributed by atoms with E-state index >= 15 is 0 Å². The molecule has 0 bridgehead atoms. The number of para-hydroxylation sites is 1. The smallest absolute Gasteiger partial charge is 0.259 e. The van der Waals surface area contributed by atoms with Gasteiger partial charge in [0.2, 0.25) is 0 Å². The average molecular weight is 327 g/mol. The lowest BCUT2D eigenvalue weighted by Gasteiger charge is -2.05. The lowest BCUT2D eigenvalue weighted by molar-refractivity contribution is 0.270. The number of aliphatic hydroxyl groups excluding tert-OH is 1. The molecule has 7 heteroatoms. The second kappa shape index (κ2) is 6.84.